The highest BCUT2D eigenvalue weighted by molar-refractivity contribution is 7.12. The molecule has 1 aromatic carbocycles. The Morgan fingerprint density at radius 3 is 2.74 bits per heavy atom. The zero-order valence-electron chi connectivity index (χ0n) is 14.8. The van der Waals surface area contributed by atoms with Gasteiger partial charge in [0.2, 0.25) is 11.8 Å². The molecule has 0 atom stereocenters. The maximum absolute atomic E-state index is 12.0. The summed E-state index contributed by atoms with van der Waals surface area (Å²) in [6.07, 6.45) is 0.413. The molecule has 0 bridgehead atoms. The van der Waals surface area contributed by atoms with Crippen LogP contribution >= 0.6 is 11.3 Å². The maximum Gasteiger partial charge on any atom is 0.226 e. The molecule has 0 saturated heterocycles. The summed E-state index contributed by atoms with van der Waals surface area (Å²) >= 11 is 1.36. The number of nitrogens with zero attached hydrogens (tertiary/aromatic N) is 1. The minimum atomic E-state index is -0.243. The van der Waals surface area contributed by atoms with Crippen molar-refractivity contribution in [3.8, 4) is 0 Å². The molecule has 140 valence electrons. The fourth-order valence-corrected chi connectivity index (χ4v) is 3.23. The third kappa shape index (κ3) is 5.24. The number of carbonyl (C=O) groups is 3. The van der Waals surface area contributed by atoms with Crippen LogP contribution in [0.15, 0.2) is 40.1 Å². The lowest BCUT2D eigenvalue weighted by Crippen LogP contribution is -2.27. The SMILES string of the molecule is Cc1nc2cc(NC(=O)CCNC(=O)CCC(=O)c3cccs3)ccc2o1. The Balaban J connectivity index is 1.38. The van der Waals surface area contributed by atoms with Gasteiger partial charge in [0.1, 0.15) is 5.52 Å². The van der Waals surface area contributed by atoms with Gasteiger partial charge in [0.15, 0.2) is 17.3 Å². The lowest BCUT2D eigenvalue weighted by molar-refractivity contribution is -0.121. The summed E-state index contributed by atoms with van der Waals surface area (Å²) in [6, 6.07) is 8.76. The summed E-state index contributed by atoms with van der Waals surface area (Å²) in [5, 5.41) is 7.25. The third-order valence-electron chi connectivity index (χ3n) is 3.83. The molecule has 3 rings (SSSR count). The summed E-state index contributed by atoms with van der Waals surface area (Å²) in [6.45, 7) is 1.97. The number of carbonyl (C=O) groups excluding carboxylic acids is 3. The summed E-state index contributed by atoms with van der Waals surface area (Å²) < 4.78 is 5.39. The Bertz CT molecular complexity index is 963. The molecule has 0 saturated carbocycles. The number of oxazole rings is 1. The summed E-state index contributed by atoms with van der Waals surface area (Å²) in [4.78, 5) is 40.5. The number of hydrogen-bond acceptors (Lipinski definition) is 6. The Labute approximate surface area is 159 Å². The van der Waals surface area contributed by atoms with Crippen molar-refractivity contribution in [2.45, 2.75) is 26.2 Å². The second-order valence-corrected chi connectivity index (χ2v) is 6.91. The molecular formula is C19H19N3O4S. The molecule has 3 aromatic rings. The predicted octanol–water partition coefficient (Wildman–Crippen LogP) is 3.31. The number of anilines is 1. The van der Waals surface area contributed by atoms with Crippen LogP contribution in [0.5, 0.6) is 0 Å². The van der Waals surface area contributed by atoms with E-state index in [2.05, 4.69) is 15.6 Å². The Hall–Kier alpha value is -3.00. The van der Waals surface area contributed by atoms with Crippen molar-refractivity contribution in [1.29, 1.82) is 0 Å². The van der Waals surface area contributed by atoms with Crippen molar-refractivity contribution < 1.29 is 18.8 Å². The van der Waals surface area contributed by atoms with Gasteiger partial charge < -0.3 is 15.1 Å². The van der Waals surface area contributed by atoms with Crippen LogP contribution in [-0.2, 0) is 9.59 Å². The molecule has 7 nitrogen and oxygen atoms in total. The number of hydrogen-bond donors (Lipinski definition) is 2. The minimum Gasteiger partial charge on any atom is -0.441 e. The largest absolute Gasteiger partial charge is 0.441 e. The van der Waals surface area contributed by atoms with Crippen LogP contribution in [0.2, 0.25) is 0 Å². The van der Waals surface area contributed by atoms with Gasteiger partial charge in [-0.15, -0.1) is 11.3 Å². The number of thiophene rings is 1. The number of amides is 2. The fourth-order valence-electron chi connectivity index (χ4n) is 2.54. The molecule has 0 aliphatic heterocycles. The maximum atomic E-state index is 12.0. The van der Waals surface area contributed by atoms with E-state index in [0.29, 0.717) is 27.6 Å². The predicted molar refractivity (Wildman–Crippen MR) is 103 cm³/mol. The van der Waals surface area contributed by atoms with Crippen molar-refractivity contribution in [1.82, 2.24) is 10.3 Å². The van der Waals surface area contributed by atoms with Gasteiger partial charge >= 0.3 is 0 Å². The lowest BCUT2D eigenvalue weighted by atomic mass is 10.2. The molecule has 0 aliphatic carbocycles. The number of benzene rings is 1. The lowest BCUT2D eigenvalue weighted by Gasteiger charge is -2.06. The van der Waals surface area contributed by atoms with Gasteiger partial charge in [-0.2, -0.15) is 0 Å². The first-order valence-electron chi connectivity index (χ1n) is 8.52. The second-order valence-electron chi connectivity index (χ2n) is 5.96. The van der Waals surface area contributed by atoms with E-state index in [1.807, 2.05) is 5.38 Å². The fraction of sp³-hybridized carbons (Fsp3) is 0.263. The third-order valence-corrected chi connectivity index (χ3v) is 4.74. The molecule has 0 fully saturated rings. The van der Waals surface area contributed by atoms with E-state index >= 15 is 0 Å². The number of nitrogens with one attached hydrogen (secondary N) is 2. The first kappa shape index (κ1) is 18.8. The van der Waals surface area contributed by atoms with E-state index in [1.54, 1.807) is 37.3 Å². The van der Waals surface area contributed by atoms with Crippen molar-refractivity contribution in [3.05, 3.63) is 46.5 Å². The summed E-state index contributed by atoms with van der Waals surface area (Å²) in [5.41, 5.74) is 1.96. The zero-order valence-corrected chi connectivity index (χ0v) is 15.6. The monoisotopic (exact) mass is 385 g/mol. The Morgan fingerprint density at radius 2 is 1.96 bits per heavy atom. The highest BCUT2D eigenvalue weighted by Crippen LogP contribution is 2.19. The van der Waals surface area contributed by atoms with Crippen LogP contribution in [0.1, 0.15) is 34.8 Å². The van der Waals surface area contributed by atoms with Gasteiger partial charge in [0.25, 0.3) is 0 Å². The minimum absolute atomic E-state index is 0.0450. The molecule has 2 amide bonds. The van der Waals surface area contributed by atoms with Crippen molar-refractivity contribution in [3.63, 3.8) is 0 Å². The normalized spacial score (nSPS) is 10.7. The molecule has 0 radical (unpaired) electrons. The van der Waals surface area contributed by atoms with Gasteiger partial charge in [-0.25, -0.2) is 4.98 Å². The van der Waals surface area contributed by atoms with E-state index < -0.39 is 0 Å². The number of aryl methyl sites for hydroxylation is 1. The number of aromatic nitrogens is 1. The van der Waals surface area contributed by atoms with Crippen molar-refractivity contribution >= 4 is 45.7 Å². The van der Waals surface area contributed by atoms with E-state index in [9.17, 15) is 14.4 Å². The molecule has 2 heterocycles. The van der Waals surface area contributed by atoms with Crippen molar-refractivity contribution in [2.24, 2.45) is 0 Å². The molecule has 8 heteroatoms. The van der Waals surface area contributed by atoms with E-state index in [-0.39, 0.29) is 43.4 Å². The molecule has 2 N–H and O–H groups in total. The van der Waals surface area contributed by atoms with Crippen LogP contribution in [-0.4, -0.2) is 29.1 Å². The first-order chi connectivity index (χ1) is 13.0. The smallest absolute Gasteiger partial charge is 0.226 e. The van der Waals surface area contributed by atoms with Crippen LogP contribution in [0, 0.1) is 6.92 Å². The molecule has 2 aromatic heterocycles. The number of ketones is 1. The summed E-state index contributed by atoms with van der Waals surface area (Å²) in [5.74, 6) is 0.0573. The summed E-state index contributed by atoms with van der Waals surface area (Å²) in [7, 11) is 0. The molecular weight excluding hydrogens is 366 g/mol. The molecule has 0 unspecified atom stereocenters. The standard InChI is InChI=1S/C19H19N3O4S/c1-12-21-14-11-13(4-6-16(14)26-12)22-19(25)8-9-20-18(24)7-5-15(23)17-3-2-10-27-17/h2-4,6,10-11H,5,7-9H2,1H3,(H,20,24)(H,22,25). The van der Waals surface area contributed by atoms with Gasteiger partial charge in [0.05, 0.1) is 4.88 Å². The average Bonchev–Trinajstić information content (AvgIpc) is 3.28. The van der Waals surface area contributed by atoms with Crippen molar-refractivity contribution in [2.75, 3.05) is 11.9 Å². The highest BCUT2D eigenvalue weighted by atomic mass is 32.1. The van der Waals surface area contributed by atoms with E-state index in [4.69, 9.17) is 4.42 Å². The van der Waals surface area contributed by atoms with Crippen LogP contribution in [0.4, 0.5) is 5.69 Å². The van der Waals surface area contributed by atoms with Gasteiger partial charge in [0, 0.05) is 38.4 Å². The number of fused-ring (bicyclic) bond motifs is 1. The van der Waals surface area contributed by atoms with Crippen LogP contribution < -0.4 is 10.6 Å². The van der Waals surface area contributed by atoms with E-state index in [1.165, 1.54) is 11.3 Å². The Kier molecular flexibility index (Phi) is 5.97. The molecule has 0 spiro atoms. The molecule has 27 heavy (non-hydrogen) atoms. The second kappa shape index (κ2) is 8.59. The quantitative estimate of drug-likeness (QED) is 0.579. The average molecular weight is 385 g/mol. The van der Waals surface area contributed by atoms with Crippen LogP contribution in [0.25, 0.3) is 11.1 Å². The first-order valence-corrected chi connectivity index (χ1v) is 9.39. The zero-order chi connectivity index (χ0) is 19.2. The van der Waals surface area contributed by atoms with Gasteiger partial charge in [-0.05, 0) is 29.6 Å². The number of rotatable bonds is 8. The van der Waals surface area contributed by atoms with Gasteiger partial charge in [-0.3, -0.25) is 14.4 Å². The number of Topliss-reactive ketones (excluding diaryl/α,β-unsaturated/α-hetero) is 1. The topological polar surface area (TPSA) is 101 Å². The van der Waals surface area contributed by atoms with E-state index in [0.717, 1.165) is 0 Å². The Morgan fingerprint density at radius 1 is 1.11 bits per heavy atom. The van der Waals surface area contributed by atoms with Gasteiger partial charge in [-0.1, -0.05) is 6.07 Å². The highest BCUT2D eigenvalue weighted by Gasteiger charge is 2.11. The van der Waals surface area contributed by atoms with Crippen LogP contribution in [0.3, 0.4) is 0 Å². The molecule has 0 aliphatic rings.